The standard InChI is InChI=1S/C19H15N3O2S/c23-18(21-19-20-15(13-25-19)16-9-6-12-24-16)17(22-10-4-5-11-22)14-7-2-1-3-8-14/h1-13,17H,(H,20,21,23)/t17-/m1/s1. The number of carbonyl (C=O) groups is 1. The molecule has 0 aliphatic heterocycles. The highest BCUT2D eigenvalue weighted by atomic mass is 32.1. The van der Waals surface area contributed by atoms with Gasteiger partial charge in [0.2, 0.25) is 0 Å². The molecule has 0 radical (unpaired) electrons. The number of nitrogens with one attached hydrogen (secondary N) is 1. The molecular formula is C19H15N3O2S. The van der Waals surface area contributed by atoms with Crippen molar-refractivity contribution < 1.29 is 9.21 Å². The first kappa shape index (κ1) is 15.4. The molecule has 6 heteroatoms. The lowest BCUT2D eigenvalue weighted by Gasteiger charge is -2.18. The van der Waals surface area contributed by atoms with Gasteiger partial charge in [-0.1, -0.05) is 30.3 Å². The number of nitrogens with zero attached hydrogens (tertiary/aromatic N) is 2. The van der Waals surface area contributed by atoms with Crippen molar-refractivity contribution in [2.75, 3.05) is 5.32 Å². The molecule has 0 aliphatic rings. The molecule has 5 nitrogen and oxygen atoms in total. The first-order chi connectivity index (χ1) is 12.3. The van der Waals surface area contributed by atoms with Crippen molar-refractivity contribution >= 4 is 22.4 Å². The largest absolute Gasteiger partial charge is 0.463 e. The monoisotopic (exact) mass is 349 g/mol. The van der Waals surface area contributed by atoms with Gasteiger partial charge in [0.05, 0.1) is 6.26 Å². The van der Waals surface area contributed by atoms with E-state index in [1.807, 2.05) is 76.9 Å². The summed E-state index contributed by atoms with van der Waals surface area (Å²) in [5.41, 5.74) is 1.63. The SMILES string of the molecule is O=C(Nc1nc(-c2ccco2)cs1)[C@@H](c1ccccc1)n1cccc1. The average molecular weight is 349 g/mol. The van der Waals surface area contributed by atoms with Gasteiger partial charge >= 0.3 is 0 Å². The van der Waals surface area contributed by atoms with Crippen LogP contribution in [-0.4, -0.2) is 15.5 Å². The van der Waals surface area contributed by atoms with Gasteiger partial charge in [-0.3, -0.25) is 10.1 Å². The number of furan rings is 1. The minimum Gasteiger partial charge on any atom is -0.463 e. The number of hydrogen-bond acceptors (Lipinski definition) is 4. The Labute approximate surface area is 148 Å². The third kappa shape index (κ3) is 3.25. The van der Waals surface area contributed by atoms with Crippen molar-refractivity contribution in [2.45, 2.75) is 6.04 Å². The van der Waals surface area contributed by atoms with E-state index >= 15 is 0 Å². The van der Waals surface area contributed by atoms with Crippen LogP contribution in [0, 0.1) is 0 Å². The summed E-state index contributed by atoms with van der Waals surface area (Å²) in [5.74, 6) is 0.546. The summed E-state index contributed by atoms with van der Waals surface area (Å²) in [4.78, 5) is 17.4. The normalized spacial score (nSPS) is 12.0. The molecule has 1 amide bonds. The summed E-state index contributed by atoms with van der Waals surface area (Å²) in [6, 6.07) is 16.7. The van der Waals surface area contributed by atoms with Crippen molar-refractivity contribution in [3.8, 4) is 11.5 Å². The highest BCUT2D eigenvalue weighted by molar-refractivity contribution is 7.14. The van der Waals surface area contributed by atoms with Crippen molar-refractivity contribution in [1.29, 1.82) is 0 Å². The number of thiazole rings is 1. The van der Waals surface area contributed by atoms with Crippen molar-refractivity contribution in [3.05, 3.63) is 84.2 Å². The van der Waals surface area contributed by atoms with E-state index in [4.69, 9.17) is 4.42 Å². The number of hydrogen-bond donors (Lipinski definition) is 1. The zero-order valence-corrected chi connectivity index (χ0v) is 14.0. The predicted molar refractivity (Wildman–Crippen MR) is 97.5 cm³/mol. The maximum absolute atomic E-state index is 12.9. The Bertz CT molecular complexity index is 944. The van der Waals surface area contributed by atoms with E-state index in [1.54, 1.807) is 6.26 Å². The summed E-state index contributed by atoms with van der Waals surface area (Å²) in [7, 11) is 0. The molecule has 1 aromatic carbocycles. The lowest BCUT2D eigenvalue weighted by atomic mass is 10.1. The molecule has 0 aliphatic carbocycles. The van der Waals surface area contributed by atoms with Gasteiger partial charge in [0, 0.05) is 17.8 Å². The third-order valence-corrected chi connectivity index (χ3v) is 4.55. The number of anilines is 1. The second-order valence-electron chi connectivity index (χ2n) is 5.45. The van der Waals surface area contributed by atoms with E-state index in [0.29, 0.717) is 16.6 Å². The fourth-order valence-electron chi connectivity index (χ4n) is 2.66. The van der Waals surface area contributed by atoms with Crippen LogP contribution < -0.4 is 5.32 Å². The second kappa shape index (κ2) is 6.78. The van der Waals surface area contributed by atoms with Crippen LogP contribution in [0.1, 0.15) is 11.6 Å². The molecule has 3 heterocycles. The van der Waals surface area contributed by atoms with Crippen LogP contribution in [0.25, 0.3) is 11.5 Å². The van der Waals surface area contributed by atoms with Gasteiger partial charge < -0.3 is 8.98 Å². The first-order valence-electron chi connectivity index (χ1n) is 7.79. The summed E-state index contributed by atoms with van der Waals surface area (Å²) < 4.78 is 7.22. The summed E-state index contributed by atoms with van der Waals surface area (Å²) >= 11 is 1.37. The third-order valence-electron chi connectivity index (χ3n) is 3.80. The van der Waals surface area contributed by atoms with Crippen LogP contribution in [0.4, 0.5) is 5.13 Å². The van der Waals surface area contributed by atoms with Gasteiger partial charge in [-0.15, -0.1) is 11.3 Å². The van der Waals surface area contributed by atoms with E-state index < -0.39 is 6.04 Å². The topological polar surface area (TPSA) is 60.1 Å². The Kier molecular flexibility index (Phi) is 4.18. The number of amides is 1. The Hall–Kier alpha value is -3.12. The lowest BCUT2D eigenvalue weighted by Crippen LogP contribution is -2.26. The Morgan fingerprint density at radius 3 is 2.60 bits per heavy atom. The summed E-state index contributed by atoms with van der Waals surface area (Å²) in [5, 5.41) is 5.33. The van der Waals surface area contributed by atoms with Crippen LogP contribution in [0.2, 0.25) is 0 Å². The van der Waals surface area contributed by atoms with Crippen molar-refractivity contribution in [2.24, 2.45) is 0 Å². The maximum Gasteiger partial charge on any atom is 0.253 e. The molecule has 25 heavy (non-hydrogen) atoms. The van der Waals surface area contributed by atoms with Gasteiger partial charge in [-0.25, -0.2) is 4.98 Å². The quantitative estimate of drug-likeness (QED) is 0.580. The molecular weight excluding hydrogens is 334 g/mol. The van der Waals surface area contributed by atoms with Gasteiger partial charge in [-0.2, -0.15) is 0 Å². The van der Waals surface area contributed by atoms with Gasteiger partial charge in [0.15, 0.2) is 10.9 Å². The van der Waals surface area contributed by atoms with E-state index in [1.165, 1.54) is 11.3 Å². The van der Waals surface area contributed by atoms with Crippen molar-refractivity contribution in [3.63, 3.8) is 0 Å². The highest BCUT2D eigenvalue weighted by Gasteiger charge is 2.23. The van der Waals surface area contributed by atoms with Crippen LogP contribution in [-0.2, 0) is 4.79 Å². The number of benzene rings is 1. The van der Waals surface area contributed by atoms with Crippen LogP contribution in [0.5, 0.6) is 0 Å². The zero-order valence-electron chi connectivity index (χ0n) is 13.2. The Morgan fingerprint density at radius 2 is 1.88 bits per heavy atom. The summed E-state index contributed by atoms with van der Waals surface area (Å²) in [6.07, 6.45) is 5.37. The van der Waals surface area contributed by atoms with E-state index in [-0.39, 0.29) is 5.91 Å². The Morgan fingerprint density at radius 1 is 1.08 bits per heavy atom. The number of carbonyl (C=O) groups excluding carboxylic acids is 1. The molecule has 1 N–H and O–H groups in total. The maximum atomic E-state index is 12.9. The van der Waals surface area contributed by atoms with Gasteiger partial charge in [-0.05, 0) is 29.8 Å². The fourth-order valence-corrected chi connectivity index (χ4v) is 3.36. The fraction of sp³-hybridized carbons (Fsp3) is 0.0526. The molecule has 0 saturated heterocycles. The molecule has 0 saturated carbocycles. The molecule has 4 rings (SSSR count). The van der Waals surface area contributed by atoms with E-state index in [2.05, 4.69) is 10.3 Å². The molecule has 1 atom stereocenters. The van der Waals surface area contributed by atoms with Gasteiger partial charge in [0.1, 0.15) is 11.7 Å². The zero-order chi connectivity index (χ0) is 17.1. The second-order valence-corrected chi connectivity index (χ2v) is 6.31. The first-order valence-corrected chi connectivity index (χ1v) is 8.67. The van der Waals surface area contributed by atoms with E-state index in [9.17, 15) is 4.79 Å². The molecule has 0 unspecified atom stereocenters. The lowest BCUT2D eigenvalue weighted by molar-refractivity contribution is -0.118. The molecule has 124 valence electrons. The molecule has 3 aromatic heterocycles. The molecule has 0 fully saturated rings. The number of aromatic nitrogens is 2. The van der Waals surface area contributed by atoms with Crippen molar-refractivity contribution in [1.82, 2.24) is 9.55 Å². The predicted octanol–water partition coefficient (Wildman–Crippen LogP) is 4.43. The van der Waals surface area contributed by atoms with Gasteiger partial charge in [0.25, 0.3) is 5.91 Å². The smallest absolute Gasteiger partial charge is 0.253 e. The number of rotatable bonds is 5. The minimum absolute atomic E-state index is 0.136. The minimum atomic E-state index is -0.452. The van der Waals surface area contributed by atoms with E-state index in [0.717, 1.165) is 5.56 Å². The van der Waals surface area contributed by atoms with Crippen LogP contribution in [0.15, 0.2) is 83.1 Å². The molecule has 4 aromatic rings. The molecule has 0 bridgehead atoms. The molecule has 0 spiro atoms. The highest BCUT2D eigenvalue weighted by Crippen LogP contribution is 2.27. The average Bonchev–Trinajstić information content (AvgIpc) is 3.38. The van der Waals surface area contributed by atoms with Crippen LogP contribution in [0.3, 0.4) is 0 Å². The Balaban J connectivity index is 1.59. The summed E-state index contributed by atoms with van der Waals surface area (Å²) in [6.45, 7) is 0. The van der Waals surface area contributed by atoms with Crippen LogP contribution >= 0.6 is 11.3 Å².